The van der Waals surface area contributed by atoms with Gasteiger partial charge in [0.1, 0.15) is 6.61 Å². The highest BCUT2D eigenvalue weighted by molar-refractivity contribution is 4.98. The third-order valence-corrected chi connectivity index (χ3v) is 3.39. The molecule has 0 unspecified atom stereocenters. The quantitative estimate of drug-likeness (QED) is 0.798. The minimum absolute atomic E-state index is 0.186. The first-order chi connectivity index (χ1) is 7.61. The smallest absolute Gasteiger partial charge is 0.254 e. The van der Waals surface area contributed by atoms with Crippen LogP contribution in [0.25, 0.3) is 0 Å². The summed E-state index contributed by atoms with van der Waals surface area (Å²) in [4.78, 5) is 8.75. The van der Waals surface area contributed by atoms with Gasteiger partial charge in [-0.05, 0) is 31.1 Å². The number of rotatable bonds is 3. The van der Waals surface area contributed by atoms with Gasteiger partial charge in [-0.25, -0.2) is 5.90 Å². The second-order valence-corrected chi connectivity index (χ2v) is 5.30. The molecule has 1 aromatic rings. The molecule has 1 aromatic heterocycles. The number of nitrogens with zero attached hydrogens (tertiary/aromatic N) is 2. The summed E-state index contributed by atoms with van der Waals surface area (Å²) in [7, 11) is 0. The van der Waals surface area contributed by atoms with Crippen molar-refractivity contribution in [3.05, 3.63) is 11.7 Å². The fourth-order valence-corrected chi connectivity index (χ4v) is 2.22. The van der Waals surface area contributed by atoms with Gasteiger partial charge in [0.15, 0.2) is 5.82 Å². The van der Waals surface area contributed by atoms with E-state index in [1.165, 1.54) is 12.8 Å². The molecule has 0 aromatic carbocycles. The number of hydrogen-bond donors (Lipinski definition) is 1. The summed E-state index contributed by atoms with van der Waals surface area (Å²) < 4.78 is 5.04. The predicted octanol–water partition coefficient (Wildman–Crippen LogP) is 2.14. The van der Waals surface area contributed by atoms with Crippen molar-refractivity contribution in [1.29, 1.82) is 0 Å². The Hall–Kier alpha value is -0.940. The van der Waals surface area contributed by atoms with E-state index in [0.29, 0.717) is 17.2 Å². The Balaban J connectivity index is 1.97. The Kier molecular flexibility index (Phi) is 3.25. The molecule has 0 spiro atoms. The summed E-state index contributed by atoms with van der Waals surface area (Å²) in [5.41, 5.74) is 0.462. The molecule has 0 radical (unpaired) electrons. The van der Waals surface area contributed by atoms with Crippen LogP contribution in [0.1, 0.15) is 57.2 Å². The van der Waals surface area contributed by atoms with Crippen LogP contribution in [-0.4, -0.2) is 10.1 Å². The molecule has 0 aliphatic heterocycles. The molecule has 1 fully saturated rings. The summed E-state index contributed by atoms with van der Waals surface area (Å²) in [5.74, 6) is 6.66. The van der Waals surface area contributed by atoms with Gasteiger partial charge in [0, 0.05) is 5.92 Å². The van der Waals surface area contributed by atoms with Gasteiger partial charge < -0.3 is 4.52 Å². The minimum Gasteiger partial charge on any atom is -0.337 e. The van der Waals surface area contributed by atoms with Crippen LogP contribution in [0.15, 0.2) is 4.52 Å². The second kappa shape index (κ2) is 4.51. The van der Waals surface area contributed by atoms with Crippen LogP contribution in [0.2, 0.25) is 0 Å². The molecule has 0 bridgehead atoms. The third kappa shape index (κ3) is 2.59. The third-order valence-electron chi connectivity index (χ3n) is 3.39. The Morgan fingerprint density at radius 1 is 1.44 bits per heavy atom. The molecular formula is C11H19N3O2. The molecule has 0 amide bonds. The van der Waals surface area contributed by atoms with E-state index in [2.05, 4.69) is 28.8 Å². The molecule has 5 nitrogen and oxygen atoms in total. The van der Waals surface area contributed by atoms with Crippen LogP contribution >= 0.6 is 0 Å². The van der Waals surface area contributed by atoms with Gasteiger partial charge in [0.05, 0.1) is 0 Å². The van der Waals surface area contributed by atoms with Crippen molar-refractivity contribution in [2.75, 3.05) is 0 Å². The molecule has 1 saturated carbocycles. The molecule has 1 heterocycles. The van der Waals surface area contributed by atoms with Crippen molar-refractivity contribution in [3.8, 4) is 0 Å². The molecule has 90 valence electrons. The SMILES string of the molecule is CC1(C)CCC(c2noc(CON)n2)CC1. The maximum absolute atomic E-state index is 5.04. The van der Waals surface area contributed by atoms with E-state index >= 15 is 0 Å². The average Bonchev–Trinajstić information content (AvgIpc) is 2.67. The van der Waals surface area contributed by atoms with Gasteiger partial charge >= 0.3 is 0 Å². The predicted molar refractivity (Wildman–Crippen MR) is 58.3 cm³/mol. The van der Waals surface area contributed by atoms with Crippen LogP contribution in [0, 0.1) is 5.41 Å². The number of nitrogens with two attached hydrogens (primary N) is 1. The van der Waals surface area contributed by atoms with Gasteiger partial charge in [0.2, 0.25) is 0 Å². The van der Waals surface area contributed by atoms with Crippen molar-refractivity contribution in [3.63, 3.8) is 0 Å². The van der Waals surface area contributed by atoms with Crippen molar-refractivity contribution in [1.82, 2.24) is 10.1 Å². The van der Waals surface area contributed by atoms with Crippen molar-refractivity contribution >= 4 is 0 Å². The van der Waals surface area contributed by atoms with Crippen LogP contribution in [0.5, 0.6) is 0 Å². The summed E-state index contributed by atoms with van der Waals surface area (Å²) in [6.07, 6.45) is 4.70. The average molecular weight is 225 g/mol. The Labute approximate surface area is 95.3 Å². The zero-order valence-electron chi connectivity index (χ0n) is 9.90. The monoisotopic (exact) mass is 225 g/mol. The first-order valence-corrected chi connectivity index (χ1v) is 5.75. The van der Waals surface area contributed by atoms with Gasteiger partial charge in [-0.3, -0.25) is 4.84 Å². The standard InChI is InChI=1S/C11H19N3O2/c1-11(2)5-3-8(4-6-11)10-13-9(7-15-12)16-14-10/h8H,3-7,12H2,1-2H3. The van der Waals surface area contributed by atoms with Crippen LogP contribution in [0.4, 0.5) is 0 Å². The fourth-order valence-electron chi connectivity index (χ4n) is 2.22. The summed E-state index contributed by atoms with van der Waals surface area (Å²) in [5, 5.41) is 3.98. The van der Waals surface area contributed by atoms with Crippen molar-refractivity contribution in [2.24, 2.45) is 11.3 Å². The van der Waals surface area contributed by atoms with Gasteiger partial charge in [0.25, 0.3) is 5.89 Å². The molecular weight excluding hydrogens is 206 g/mol. The number of hydrogen-bond acceptors (Lipinski definition) is 5. The molecule has 2 N–H and O–H groups in total. The topological polar surface area (TPSA) is 74.2 Å². The molecule has 1 aliphatic rings. The molecule has 1 aliphatic carbocycles. The lowest BCUT2D eigenvalue weighted by atomic mass is 9.73. The van der Waals surface area contributed by atoms with Crippen molar-refractivity contribution < 1.29 is 9.36 Å². The van der Waals surface area contributed by atoms with Crippen LogP contribution in [-0.2, 0) is 11.4 Å². The van der Waals surface area contributed by atoms with E-state index in [1.807, 2.05) is 0 Å². The van der Waals surface area contributed by atoms with E-state index in [1.54, 1.807) is 0 Å². The van der Waals surface area contributed by atoms with E-state index in [9.17, 15) is 0 Å². The fraction of sp³-hybridized carbons (Fsp3) is 0.818. The van der Waals surface area contributed by atoms with E-state index in [0.717, 1.165) is 18.7 Å². The lowest BCUT2D eigenvalue weighted by Gasteiger charge is -2.32. The lowest BCUT2D eigenvalue weighted by Crippen LogP contribution is -2.20. The maximum Gasteiger partial charge on any atom is 0.254 e. The van der Waals surface area contributed by atoms with E-state index in [4.69, 9.17) is 10.4 Å². The molecule has 2 rings (SSSR count). The Morgan fingerprint density at radius 3 is 2.75 bits per heavy atom. The highest BCUT2D eigenvalue weighted by atomic mass is 16.6. The normalized spacial score (nSPS) is 21.2. The maximum atomic E-state index is 5.04. The zero-order valence-corrected chi connectivity index (χ0v) is 9.90. The molecule has 5 heteroatoms. The molecule has 0 saturated heterocycles. The van der Waals surface area contributed by atoms with Crippen LogP contribution in [0.3, 0.4) is 0 Å². The minimum atomic E-state index is 0.186. The van der Waals surface area contributed by atoms with Gasteiger partial charge in [-0.1, -0.05) is 19.0 Å². The lowest BCUT2D eigenvalue weighted by molar-refractivity contribution is 0.0995. The second-order valence-electron chi connectivity index (χ2n) is 5.30. The number of aromatic nitrogens is 2. The molecule has 16 heavy (non-hydrogen) atoms. The van der Waals surface area contributed by atoms with Gasteiger partial charge in [-0.15, -0.1) is 0 Å². The summed E-state index contributed by atoms with van der Waals surface area (Å²) >= 11 is 0. The van der Waals surface area contributed by atoms with Gasteiger partial charge in [-0.2, -0.15) is 4.98 Å². The summed E-state index contributed by atoms with van der Waals surface area (Å²) in [6.45, 7) is 4.81. The Bertz CT molecular complexity index is 339. The van der Waals surface area contributed by atoms with E-state index < -0.39 is 0 Å². The first-order valence-electron chi connectivity index (χ1n) is 5.75. The highest BCUT2D eigenvalue weighted by Crippen LogP contribution is 2.41. The van der Waals surface area contributed by atoms with Crippen molar-refractivity contribution in [2.45, 2.75) is 52.1 Å². The molecule has 0 atom stereocenters. The largest absolute Gasteiger partial charge is 0.337 e. The Morgan fingerprint density at radius 2 is 2.12 bits per heavy atom. The first kappa shape index (κ1) is 11.5. The van der Waals surface area contributed by atoms with Crippen LogP contribution < -0.4 is 5.90 Å². The summed E-state index contributed by atoms with van der Waals surface area (Å²) in [6, 6.07) is 0. The van der Waals surface area contributed by atoms with E-state index in [-0.39, 0.29) is 6.61 Å². The zero-order chi connectivity index (χ0) is 11.6. The highest BCUT2D eigenvalue weighted by Gasteiger charge is 2.30.